The summed E-state index contributed by atoms with van der Waals surface area (Å²) in [6, 6.07) is 20.0. The molecule has 0 aliphatic heterocycles. The Bertz CT molecular complexity index is 492. The smallest absolute Gasteiger partial charge is 0.120 e. The van der Waals surface area contributed by atoms with Crippen molar-refractivity contribution < 1.29 is 9.30 Å². The largest absolute Gasteiger partial charge is 0.377 e. The van der Waals surface area contributed by atoms with Crippen molar-refractivity contribution in [2.24, 2.45) is 0 Å². The van der Waals surface area contributed by atoms with Gasteiger partial charge in [0.2, 0.25) is 0 Å². The third-order valence-corrected chi connectivity index (χ3v) is 5.60. The van der Waals surface area contributed by atoms with Crippen molar-refractivity contribution in [1.29, 1.82) is 0 Å². The maximum Gasteiger partial charge on any atom is 0.120 e. The average molecular weight is 274 g/mol. The summed E-state index contributed by atoms with van der Waals surface area (Å²) >= 11 is 0. The summed E-state index contributed by atoms with van der Waals surface area (Å²) in [4.78, 5) is 0. The molecule has 0 aliphatic rings. The van der Waals surface area contributed by atoms with E-state index in [9.17, 15) is 4.57 Å². The highest BCUT2D eigenvalue weighted by Gasteiger charge is 2.23. The fraction of sp³-hybridized carbons (Fsp3) is 0.250. The first-order valence-electron chi connectivity index (χ1n) is 6.36. The Hall–Kier alpha value is -1.37. The van der Waals surface area contributed by atoms with Crippen molar-refractivity contribution in [3.63, 3.8) is 0 Å². The minimum absolute atomic E-state index is 0.330. The zero-order chi connectivity index (χ0) is 13.6. The molecule has 0 aliphatic carbocycles. The maximum absolute atomic E-state index is 13.0. The van der Waals surface area contributed by atoms with Crippen LogP contribution in [0.3, 0.4) is 0 Å². The van der Waals surface area contributed by atoms with Gasteiger partial charge in [-0.2, -0.15) is 0 Å². The van der Waals surface area contributed by atoms with Crippen LogP contribution < -0.4 is 0 Å². The van der Waals surface area contributed by atoms with Crippen molar-refractivity contribution >= 4 is 7.14 Å². The number of methoxy groups -OCH3 is 1. The third kappa shape index (κ3) is 4.34. The highest BCUT2D eigenvalue weighted by Crippen LogP contribution is 2.51. The van der Waals surface area contributed by atoms with E-state index in [2.05, 4.69) is 0 Å². The van der Waals surface area contributed by atoms with Crippen molar-refractivity contribution in [3.05, 3.63) is 71.8 Å². The van der Waals surface area contributed by atoms with Gasteiger partial charge in [0.15, 0.2) is 0 Å². The second-order valence-electron chi connectivity index (χ2n) is 4.76. The Balaban J connectivity index is 2.16. The van der Waals surface area contributed by atoms with Crippen LogP contribution in [0, 0.1) is 0 Å². The molecule has 0 unspecified atom stereocenters. The summed E-state index contributed by atoms with van der Waals surface area (Å²) in [5.74, 6) is 0. The van der Waals surface area contributed by atoms with E-state index in [1.54, 1.807) is 7.11 Å². The zero-order valence-electron chi connectivity index (χ0n) is 11.2. The third-order valence-electron chi connectivity index (χ3n) is 2.99. The van der Waals surface area contributed by atoms with Gasteiger partial charge < -0.3 is 9.30 Å². The van der Waals surface area contributed by atoms with Crippen LogP contribution in [0.4, 0.5) is 0 Å². The summed E-state index contributed by atoms with van der Waals surface area (Å²) in [5, 5.41) is 0. The van der Waals surface area contributed by atoms with Gasteiger partial charge >= 0.3 is 0 Å². The molecule has 0 atom stereocenters. The Morgan fingerprint density at radius 1 is 0.842 bits per heavy atom. The molecule has 19 heavy (non-hydrogen) atoms. The van der Waals surface area contributed by atoms with Gasteiger partial charge in [0.25, 0.3) is 0 Å². The minimum Gasteiger partial charge on any atom is -0.377 e. The second-order valence-corrected chi connectivity index (χ2v) is 7.77. The SMILES string of the molecule is COCP(=O)(Cc1ccccc1)Cc1ccccc1. The molecule has 0 amide bonds. The normalized spacial score (nSPS) is 11.4. The van der Waals surface area contributed by atoms with Gasteiger partial charge in [-0.1, -0.05) is 60.7 Å². The second kappa shape index (κ2) is 6.70. The number of ether oxygens (including phenoxy) is 1. The maximum atomic E-state index is 13.0. The fourth-order valence-electron chi connectivity index (χ4n) is 2.21. The van der Waals surface area contributed by atoms with Crippen molar-refractivity contribution in [3.8, 4) is 0 Å². The van der Waals surface area contributed by atoms with E-state index in [1.807, 2.05) is 60.7 Å². The van der Waals surface area contributed by atoms with Crippen LogP contribution in [0.25, 0.3) is 0 Å². The molecule has 100 valence electrons. The van der Waals surface area contributed by atoms with Crippen LogP contribution >= 0.6 is 7.14 Å². The number of benzene rings is 2. The Morgan fingerprint density at radius 3 is 1.63 bits per heavy atom. The molecule has 3 heteroatoms. The molecule has 0 bridgehead atoms. The van der Waals surface area contributed by atoms with E-state index in [0.29, 0.717) is 18.7 Å². The predicted molar refractivity (Wildman–Crippen MR) is 79.8 cm³/mol. The van der Waals surface area contributed by atoms with Crippen LogP contribution in [0.15, 0.2) is 60.7 Å². The monoisotopic (exact) mass is 274 g/mol. The standard InChI is InChI=1S/C16H19O2P/c1-18-14-19(17,12-15-8-4-2-5-9-15)13-16-10-6-3-7-11-16/h2-11H,12-14H2,1H3. The van der Waals surface area contributed by atoms with Gasteiger partial charge in [-0.15, -0.1) is 0 Å². The zero-order valence-corrected chi connectivity index (χ0v) is 12.1. The molecule has 0 saturated carbocycles. The lowest BCUT2D eigenvalue weighted by atomic mass is 10.2. The molecule has 0 spiro atoms. The molecule has 2 nitrogen and oxygen atoms in total. The van der Waals surface area contributed by atoms with Gasteiger partial charge in [-0.05, 0) is 11.1 Å². The summed E-state index contributed by atoms with van der Waals surface area (Å²) in [7, 11) is -0.772. The first-order chi connectivity index (χ1) is 9.22. The molecule has 0 saturated heterocycles. The topological polar surface area (TPSA) is 26.3 Å². The summed E-state index contributed by atoms with van der Waals surface area (Å²) < 4.78 is 18.2. The van der Waals surface area contributed by atoms with Gasteiger partial charge in [-0.25, -0.2) is 0 Å². The highest BCUT2D eigenvalue weighted by atomic mass is 31.2. The Kier molecular flexibility index (Phi) is 4.95. The summed E-state index contributed by atoms with van der Waals surface area (Å²) in [6.07, 6.45) is 1.52. The van der Waals surface area contributed by atoms with Crippen LogP contribution in [0.2, 0.25) is 0 Å². The molecule has 0 heterocycles. The van der Waals surface area contributed by atoms with Gasteiger partial charge in [0, 0.05) is 19.4 Å². The summed E-state index contributed by atoms with van der Waals surface area (Å²) in [6.45, 7) is 0. The summed E-state index contributed by atoms with van der Waals surface area (Å²) in [5.41, 5.74) is 2.22. The number of hydrogen-bond acceptors (Lipinski definition) is 2. The van der Waals surface area contributed by atoms with E-state index >= 15 is 0 Å². The van der Waals surface area contributed by atoms with E-state index in [-0.39, 0.29) is 0 Å². The Labute approximate surface area is 114 Å². The van der Waals surface area contributed by atoms with Crippen LogP contribution in [-0.2, 0) is 21.6 Å². The molecule has 2 aromatic carbocycles. The highest BCUT2D eigenvalue weighted by molar-refractivity contribution is 7.62. The van der Waals surface area contributed by atoms with E-state index in [0.717, 1.165) is 11.1 Å². The van der Waals surface area contributed by atoms with Gasteiger partial charge in [0.1, 0.15) is 7.14 Å². The molecule has 0 fully saturated rings. The molecule has 2 aromatic rings. The quantitative estimate of drug-likeness (QED) is 0.732. The first-order valence-corrected chi connectivity index (χ1v) is 8.62. The lowest BCUT2D eigenvalue weighted by Crippen LogP contribution is -2.00. The fourth-order valence-corrected chi connectivity index (χ4v) is 4.73. The van der Waals surface area contributed by atoms with Crippen molar-refractivity contribution in [2.45, 2.75) is 12.3 Å². The lowest BCUT2D eigenvalue weighted by molar-refractivity contribution is 0.248. The first kappa shape index (κ1) is 14.0. The van der Waals surface area contributed by atoms with Gasteiger partial charge in [0.05, 0.1) is 6.35 Å². The molecule has 0 aromatic heterocycles. The average Bonchev–Trinajstić information content (AvgIpc) is 2.41. The molecular formula is C16H19O2P. The molecule has 0 N–H and O–H groups in total. The Morgan fingerprint density at radius 2 is 1.26 bits per heavy atom. The van der Waals surface area contributed by atoms with E-state index in [1.165, 1.54) is 0 Å². The van der Waals surface area contributed by atoms with E-state index in [4.69, 9.17) is 4.74 Å². The number of rotatable bonds is 6. The molecule has 0 radical (unpaired) electrons. The molecule has 2 rings (SSSR count). The van der Waals surface area contributed by atoms with Crippen LogP contribution in [0.5, 0.6) is 0 Å². The van der Waals surface area contributed by atoms with Crippen LogP contribution in [0.1, 0.15) is 11.1 Å². The number of hydrogen-bond donors (Lipinski definition) is 0. The van der Waals surface area contributed by atoms with Crippen molar-refractivity contribution in [1.82, 2.24) is 0 Å². The molecular weight excluding hydrogens is 255 g/mol. The lowest BCUT2D eigenvalue weighted by Gasteiger charge is -2.17. The van der Waals surface area contributed by atoms with E-state index < -0.39 is 7.14 Å². The predicted octanol–water partition coefficient (Wildman–Crippen LogP) is 4.35. The minimum atomic E-state index is -2.39. The van der Waals surface area contributed by atoms with Crippen molar-refractivity contribution in [2.75, 3.05) is 13.5 Å². The van der Waals surface area contributed by atoms with Gasteiger partial charge in [-0.3, -0.25) is 0 Å². The van der Waals surface area contributed by atoms with Crippen LogP contribution in [-0.4, -0.2) is 13.5 Å².